The zero-order chi connectivity index (χ0) is 21.1. The van der Waals surface area contributed by atoms with E-state index in [4.69, 9.17) is 15.7 Å². The zero-order valence-corrected chi connectivity index (χ0v) is 15.7. The molecular formula is C19H23N5O5. The van der Waals surface area contributed by atoms with E-state index in [1.54, 1.807) is 24.3 Å². The van der Waals surface area contributed by atoms with Crippen LogP contribution < -0.4 is 21.9 Å². The van der Waals surface area contributed by atoms with Gasteiger partial charge in [-0.15, -0.1) is 0 Å². The third kappa shape index (κ3) is 6.96. The number of hydrogen-bond acceptors (Lipinski definition) is 7. The molecule has 0 bridgehead atoms. The summed E-state index contributed by atoms with van der Waals surface area (Å²) in [6.07, 6.45) is 1.26. The first-order valence-electron chi connectivity index (χ1n) is 8.86. The number of hydrazine groups is 1. The molecule has 2 rings (SSSR count). The number of aliphatic hydroxyl groups is 1. The van der Waals surface area contributed by atoms with E-state index in [1.807, 2.05) is 5.43 Å². The summed E-state index contributed by atoms with van der Waals surface area (Å²) in [5.74, 6) is 3.91. The van der Waals surface area contributed by atoms with E-state index in [-0.39, 0.29) is 36.9 Å². The molecule has 0 unspecified atom stereocenters. The quantitative estimate of drug-likeness (QED) is 0.153. The van der Waals surface area contributed by atoms with Gasteiger partial charge in [0.2, 0.25) is 0 Å². The molecule has 1 aromatic carbocycles. The summed E-state index contributed by atoms with van der Waals surface area (Å²) in [6.45, 7) is 1.10. The Labute approximate surface area is 167 Å². The van der Waals surface area contributed by atoms with E-state index in [9.17, 15) is 14.4 Å². The summed E-state index contributed by atoms with van der Waals surface area (Å²) < 4.78 is 5.07. The number of pyridine rings is 1. The average molecular weight is 401 g/mol. The van der Waals surface area contributed by atoms with Crippen molar-refractivity contribution in [2.45, 2.75) is 6.54 Å². The van der Waals surface area contributed by atoms with E-state index in [1.165, 1.54) is 18.3 Å². The summed E-state index contributed by atoms with van der Waals surface area (Å²) in [5.41, 5.74) is 3.69. The van der Waals surface area contributed by atoms with Crippen LogP contribution in [-0.4, -0.2) is 54.2 Å². The molecule has 0 aliphatic carbocycles. The Kier molecular flexibility index (Phi) is 8.70. The van der Waals surface area contributed by atoms with Crippen molar-refractivity contribution in [2.24, 2.45) is 5.84 Å². The summed E-state index contributed by atoms with van der Waals surface area (Å²) in [7, 11) is 0. The number of nitrogens with zero attached hydrogens (tertiary/aromatic N) is 1. The molecule has 1 aromatic heterocycles. The van der Waals surface area contributed by atoms with Crippen molar-refractivity contribution in [2.75, 3.05) is 26.4 Å². The van der Waals surface area contributed by atoms with Crippen molar-refractivity contribution >= 4 is 17.7 Å². The number of nitrogens with one attached hydrogen (secondary N) is 3. The molecule has 0 aliphatic rings. The number of nitrogen functional groups attached to an aromatic ring is 1. The van der Waals surface area contributed by atoms with Crippen LogP contribution in [-0.2, 0) is 11.3 Å². The van der Waals surface area contributed by atoms with Crippen molar-refractivity contribution in [1.29, 1.82) is 0 Å². The minimum atomic E-state index is -0.494. The largest absolute Gasteiger partial charge is 0.394 e. The predicted octanol–water partition coefficient (Wildman–Crippen LogP) is -0.646. The highest BCUT2D eigenvalue weighted by Gasteiger charge is 2.10. The van der Waals surface area contributed by atoms with Crippen LogP contribution in [0.3, 0.4) is 0 Å². The van der Waals surface area contributed by atoms with Crippen LogP contribution in [0.15, 0.2) is 42.6 Å². The number of aliphatic hydroxyl groups excluding tert-OH is 1. The molecule has 154 valence electrons. The lowest BCUT2D eigenvalue weighted by Gasteiger charge is -2.08. The Balaban J connectivity index is 1.81. The molecule has 2 aromatic rings. The molecule has 0 saturated carbocycles. The second-order valence-electron chi connectivity index (χ2n) is 5.88. The van der Waals surface area contributed by atoms with Gasteiger partial charge < -0.3 is 20.5 Å². The van der Waals surface area contributed by atoms with Gasteiger partial charge in [-0.3, -0.25) is 24.8 Å². The molecule has 10 heteroatoms. The third-order valence-corrected chi connectivity index (χ3v) is 3.83. The van der Waals surface area contributed by atoms with E-state index >= 15 is 0 Å². The Morgan fingerprint density at radius 2 is 1.66 bits per heavy atom. The Morgan fingerprint density at radius 3 is 2.28 bits per heavy atom. The van der Waals surface area contributed by atoms with E-state index in [0.29, 0.717) is 18.7 Å². The van der Waals surface area contributed by atoms with Crippen molar-refractivity contribution in [3.05, 3.63) is 65.0 Å². The fraction of sp³-hybridized carbons (Fsp3) is 0.263. The van der Waals surface area contributed by atoms with Gasteiger partial charge in [0.25, 0.3) is 17.7 Å². The molecule has 0 fully saturated rings. The summed E-state index contributed by atoms with van der Waals surface area (Å²) >= 11 is 0. The van der Waals surface area contributed by atoms with Gasteiger partial charge in [-0.2, -0.15) is 0 Å². The van der Waals surface area contributed by atoms with Crippen LogP contribution in [0.25, 0.3) is 0 Å². The first-order valence-corrected chi connectivity index (χ1v) is 8.86. The van der Waals surface area contributed by atoms with Gasteiger partial charge in [0.1, 0.15) is 5.69 Å². The zero-order valence-electron chi connectivity index (χ0n) is 15.7. The second-order valence-corrected chi connectivity index (χ2v) is 5.88. The van der Waals surface area contributed by atoms with Crippen LogP contribution in [0.5, 0.6) is 0 Å². The molecule has 0 saturated heterocycles. The first-order chi connectivity index (χ1) is 14.0. The number of carbonyl (C=O) groups excluding carboxylic acids is 3. The SMILES string of the molecule is NNC(=O)c1ccc(C(=O)NCc2ccc(C(=O)NCCOCCO)cc2)nc1. The van der Waals surface area contributed by atoms with E-state index < -0.39 is 11.8 Å². The van der Waals surface area contributed by atoms with Crippen molar-refractivity contribution in [3.63, 3.8) is 0 Å². The summed E-state index contributed by atoms with van der Waals surface area (Å²) in [6, 6.07) is 9.66. The maximum absolute atomic E-state index is 12.1. The van der Waals surface area contributed by atoms with Crippen LogP contribution in [0.4, 0.5) is 0 Å². The standard InChI is InChI=1S/C19H23N5O5/c20-24-18(27)15-5-6-16(22-12-15)19(28)23-11-13-1-3-14(4-2-13)17(26)21-7-9-29-10-8-25/h1-6,12,25H,7-11,20H2,(H,21,26)(H,23,28)(H,24,27). The van der Waals surface area contributed by atoms with Gasteiger partial charge in [0.05, 0.1) is 25.4 Å². The number of aromatic nitrogens is 1. The molecule has 29 heavy (non-hydrogen) atoms. The van der Waals surface area contributed by atoms with Crippen molar-refractivity contribution < 1.29 is 24.2 Å². The topological polar surface area (TPSA) is 156 Å². The highest BCUT2D eigenvalue weighted by atomic mass is 16.5. The highest BCUT2D eigenvalue weighted by molar-refractivity contribution is 5.96. The third-order valence-electron chi connectivity index (χ3n) is 3.83. The Morgan fingerprint density at radius 1 is 0.931 bits per heavy atom. The average Bonchev–Trinajstić information content (AvgIpc) is 2.77. The monoisotopic (exact) mass is 401 g/mol. The summed E-state index contributed by atoms with van der Waals surface area (Å²) in [4.78, 5) is 39.5. The van der Waals surface area contributed by atoms with Crippen LogP contribution in [0.2, 0.25) is 0 Å². The maximum atomic E-state index is 12.1. The molecular weight excluding hydrogens is 378 g/mol. The highest BCUT2D eigenvalue weighted by Crippen LogP contribution is 2.05. The number of rotatable bonds is 10. The number of nitrogens with two attached hydrogens (primary N) is 1. The van der Waals surface area contributed by atoms with Gasteiger partial charge in [-0.25, -0.2) is 5.84 Å². The smallest absolute Gasteiger partial charge is 0.270 e. The van der Waals surface area contributed by atoms with Crippen LogP contribution >= 0.6 is 0 Å². The minimum absolute atomic E-state index is 0.0568. The lowest BCUT2D eigenvalue weighted by molar-refractivity contribution is 0.0837. The molecule has 0 radical (unpaired) electrons. The van der Waals surface area contributed by atoms with Gasteiger partial charge in [0, 0.05) is 24.8 Å². The fourth-order valence-corrected chi connectivity index (χ4v) is 2.30. The molecule has 0 spiro atoms. The molecule has 0 aliphatic heterocycles. The normalized spacial score (nSPS) is 10.3. The Bertz CT molecular complexity index is 824. The van der Waals surface area contributed by atoms with Gasteiger partial charge in [0.15, 0.2) is 0 Å². The molecule has 6 N–H and O–H groups in total. The number of ether oxygens (including phenoxy) is 1. The summed E-state index contributed by atoms with van der Waals surface area (Å²) in [5, 5.41) is 14.0. The number of benzene rings is 1. The van der Waals surface area contributed by atoms with E-state index in [2.05, 4.69) is 15.6 Å². The minimum Gasteiger partial charge on any atom is -0.394 e. The van der Waals surface area contributed by atoms with Gasteiger partial charge >= 0.3 is 0 Å². The predicted molar refractivity (Wildman–Crippen MR) is 104 cm³/mol. The Hall–Kier alpha value is -3.34. The lowest BCUT2D eigenvalue weighted by Crippen LogP contribution is -2.30. The van der Waals surface area contributed by atoms with Crippen LogP contribution in [0, 0.1) is 0 Å². The van der Waals surface area contributed by atoms with E-state index in [0.717, 1.165) is 5.56 Å². The maximum Gasteiger partial charge on any atom is 0.270 e. The molecule has 10 nitrogen and oxygen atoms in total. The van der Waals surface area contributed by atoms with Crippen LogP contribution in [0.1, 0.15) is 36.8 Å². The number of carbonyl (C=O) groups is 3. The molecule has 3 amide bonds. The van der Waals surface area contributed by atoms with Gasteiger partial charge in [-0.1, -0.05) is 12.1 Å². The molecule has 1 heterocycles. The number of amides is 3. The van der Waals surface area contributed by atoms with Gasteiger partial charge in [-0.05, 0) is 29.8 Å². The number of hydrogen-bond donors (Lipinski definition) is 5. The van der Waals surface area contributed by atoms with Crippen molar-refractivity contribution in [3.8, 4) is 0 Å². The second kappa shape index (κ2) is 11.5. The lowest BCUT2D eigenvalue weighted by atomic mass is 10.1. The van der Waals surface area contributed by atoms with Crippen molar-refractivity contribution in [1.82, 2.24) is 21.0 Å². The first kappa shape index (κ1) is 22.0. The fourth-order valence-electron chi connectivity index (χ4n) is 2.30. The molecule has 0 atom stereocenters.